The number of nitrogens with two attached hydrogens (primary N) is 1. The Labute approximate surface area is 115 Å². The summed E-state index contributed by atoms with van der Waals surface area (Å²) in [6.45, 7) is 2.43. The highest BCUT2D eigenvalue weighted by atomic mass is 19.1. The van der Waals surface area contributed by atoms with Crippen molar-refractivity contribution in [1.29, 1.82) is 0 Å². The number of nitrogen functional groups attached to an aromatic ring is 1. The molecule has 1 heterocycles. The van der Waals surface area contributed by atoms with Crippen molar-refractivity contribution in [3.63, 3.8) is 0 Å². The molecule has 0 atom stereocenters. The zero-order chi connectivity index (χ0) is 14.4. The predicted molar refractivity (Wildman–Crippen MR) is 70.8 cm³/mol. The van der Waals surface area contributed by atoms with Crippen molar-refractivity contribution in [2.45, 2.75) is 20.0 Å². The number of hydrogen-bond donors (Lipinski definition) is 1. The van der Waals surface area contributed by atoms with Crippen LogP contribution in [-0.2, 0) is 6.61 Å². The number of rotatable bonds is 6. The summed E-state index contributed by atoms with van der Waals surface area (Å²) in [5.41, 5.74) is 5.94. The van der Waals surface area contributed by atoms with Crippen LogP contribution in [0.4, 0.5) is 10.3 Å². The molecule has 0 bridgehead atoms. The van der Waals surface area contributed by atoms with Gasteiger partial charge in [-0.15, -0.1) is 4.98 Å². The van der Waals surface area contributed by atoms with Gasteiger partial charge in [-0.05, 0) is 12.5 Å². The zero-order valence-electron chi connectivity index (χ0n) is 11.0. The van der Waals surface area contributed by atoms with Crippen LogP contribution in [-0.4, -0.2) is 21.6 Å². The monoisotopic (exact) mass is 278 g/mol. The molecule has 1 aromatic carbocycles. The minimum absolute atomic E-state index is 0.00332. The van der Waals surface area contributed by atoms with E-state index in [-0.39, 0.29) is 30.4 Å². The standard InChI is InChI=1S/C13H15FN4O2/c1-2-7-19-12-16-11(15)17-13(18-12)20-8-9-5-3-4-6-10(9)14/h3-6H,2,7-8H2,1H3,(H2,15,16,17,18). The Bertz CT molecular complexity index is 580. The molecule has 20 heavy (non-hydrogen) atoms. The first-order chi connectivity index (χ1) is 9.69. The van der Waals surface area contributed by atoms with Gasteiger partial charge in [-0.3, -0.25) is 0 Å². The molecule has 0 spiro atoms. The van der Waals surface area contributed by atoms with E-state index >= 15 is 0 Å². The molecule has 6 nitrogen and oxygen atoms in total. The average Bonchev–Trinajstić information content (AvgIpc) is 2.44. The van der Waals surface area contributed by atoms with Gasteiger partial charge >= 0.3 is 12.0 Å². The number of ether oxygens (including phenoxy) is 2. The number of anilines is 1. The fourth-order valence-corrected chi connectivity index (χ4v) is 1.43. The maximum Gasteiger partial charge on any atom is 0.324 e. The maximum absolute atomic E-state index is 13.4. The first-order valence-electron chi connectivity index (χ1n) is 6.19. The lowest BCUT2D eigenvalue weighted by Crippen LogP contribution is -2.08. The van der Waals surface area contributed by atoms with Crippen molar-refractivity contribution >= 4 is 5.95 Å². The third kappa shape index (κ3) is 3.78. The second kappa shape index (κ2) is 6.65. The summed E-state index contributed by atoms with van der Waals surface area (Å²) in [4.78, 5) is 11.6. The summed E-state index contributed by atoms with van der Waals surface area (Å²) >= 11 is 0. The molecular formula is C13H15FN4O2. The number of hydrogen-bond acceptors (Lipinski definition) is 6. The van der Waals surface area contributed by atoms with Gasteiger partial charge in [0.25, 0.3) is 0 Å². The highest BCUT2D eigenvalue weighted by Crippen LogP contribution is 2.14. The van der Waals surface area contributed by atoms with E-state index in [4.69, 9.17) is 15.2 Å². The summed E-state index contributed by atoms with van der Waals surface area (Å²) in [6.07, 6.45) is 0.816. The third-order valence-corrected chi connectivity index (χ3v) is 2.36. The van der Waals surface area contributed by atoms with E-state index in [2.05, 4.69) is 15.0 Å². The average molecular weight is 278 g/mol. The van der Waals surface area contributed by atoms with E-state index in [0.717, 1.165) is 6.42 Å². The predicted octanol–water partition coefficient (Wildman–Crippen LogP) is 1.96. The van der Waals surface area contributed by atoms with Gasteiger partial charge in [-0.1, -0.05) is 25.1 Å². The van der Waals surface area contributed by atoms with E-state index in [1.165, 1.54) is 6.07 Å². The van der Waals surface area contributed by atoms with Crippen molar-refractivity contribution < 1.29 is 13.9 Å². The van der Waals surface area contributed by atoms with Crippen LogP contribution in [0.3, 0.4) is 0 Å². The maximum atomic E-state index is 13.4. The topological polar surface area (TPSA) is 83.2 Å². The quantitative estimate of drug-likeness (QED) is 0.869. The molecule has 2 N–H and O–H groups in total. The fraction of sp³-hybridized carbons (Fsp3) is 0.308. The number of nitrogens with zero attached hydrogens (tertiary/aromatic N) is 3. The molecule has 0 saturated heterocycles. The van der Waals surface area contributed by atoms with Crippen molar-refractivity contribution in [2.24, 2.45) is 0 Å². The van der Waals surface area contributed by atoms with Crippen LogP contribution in [0.25, 0.3) is 0 Å². The van der Waals surface area contributed by atoms with Crippen LogP contribution in [0.2, 0.25) is 0 Å². The molecule has 0 unspecified atom stereocenters. The van der Waals surface area contributed by atoms with Crippen LogP contribution in [0, 0.1) is 5.82 Å². The molecule has 7 heteroatoms. The summed E-state index contributed by atoms with van der Waals surface area (Å²) in [6, 6.07) is 6.41. The number of halogens is 1. The molecule has 1 aromatic heterocycles. The summed E-state index contributed by atoms with van der Waals surface area (Å²) in [7, 11) is 0. The zero-order valence-corrected chi connectivity index (χ0v) is 11.0. The second-order valence-electron chi connectivity index (χ2n) is 3.99. The van der Waals surface area contributed by atoms with E-state index in [9.17, 15) is 4.39 Å². The molecule has 0 saturated carbocycles. The molecule has 0 aliphatic heterocycles. The van der Waals surface area contributed by atoms with Crippen LogP contribution < -0.4 is 15.2 Å². The first kappa shape index (κ1) is 14.0. The van der Waals surface area contributed by atoms with Crippen molar-refractivity contribution in [3.05, 3.63) is 35.6 Å². The van der Waals surface area contributed by atoms with Crippen molar-refractivity contribution in [1.82, 2.24) is 15.0 Å². The Morgan fingerprint density at radius 1 is 1.10 bits per heavy atom. The highest BCUT2D eigenvalue weighted by molar-refractivity contribution is 5.21. The van der Waals surface area contributed by atoms with Crippen LogP contribution in [0.1, 0.15) is 18.9 Å². The Hall–Kier alpha value is -2.44. The molecule has 0 aliphatic carbocycles. The lowest BCUT2D eigenvalue weighted by atomic mass is 10.2. The van der Waals surface area contributed by atoms with E-state index < -0.39 is 0 Å². The molecule has 2 rings (SSSR count). The second-order valence-corrected chi connectivity index (χ2v) is 3.99. The molecule has 0 fully saturated rings. The van der Waals surface area contributed by atoms with E-state index in [1.54, 1.807) is 18.2 Å². The smallest absolute Gasteiger partial charge is 0.324 e. The highest BCUT2D eigenvalue weighted by Gasteiger charge is 2.08. The van der Waals surface area contributed by atoms with Gasteiger partial charge in [0.05, 0.1) is 6.61 Å². The third-order valence-electron chi connectivity index (χ3n) is 2.36. The molecule has 0 amide bonds. The number of benzene rings is 1. The molecular weight excluding hydrogens is 263 g/mol. The molecule has 2 aromatic rings. The summed E-state index contributed by atoms with van der Waals surface area (Å²) in [5.74, 6) is -0.355. The molecule has 0 radical (unpaired) electrons. The van der Waals surface area contributed by atoms with E-state index in [1.807, 2.05) is 6.92 Å². The van der Waals surface area contributed by atoms with E-state index in [0.29, 0.717) is 12.2 Å². The lowest BCUT2D eigenvalue weighted by molar-refractivity contribution is 0.253. The van der Waals surface area contributed by atoms with Gasteiger partial charge in [-0.2, -0.15) is 9.97 Å². The fourth-order valence-electron chi connectivity index (χ4n) is 1.43. The van der Waals surface area contributed by atoms with Gasteiger partial charge in [0.1, 0.15) is 12.4 Å². The van der Waals surface area contributed by atoms with Crippen LogP contribution in [0.5, 0.6) is 12.0 Å². The van der Waals surface area contributed by atoms with Crippen molar-refractivity contribution in [2.75, 3.05) is 12.3 Å². The Morgan fingerprint density at radius 2 is 1.80 bits per heavy atom. The largest absolute Gasteiger partial charge is 0.463 e. The lowest BCUT2D eigenvalue weighted by Gasteiger charge is -2.07. The first-order valence-corrected chi connectivity index (χ1v) is 6.19. The van der Waals surface area contributed by atoms with Gasteiger partial charge in [0.15, 0.2) is 0 Å². The van der Waals surface area contributed by atoms with Gasteiger partial charge in [-0.25, -0.2) is 4.39 Å². The Morgan fingerprint density at radius 3 is 2.50 bits per heavy atom. The summed E-state index contributed by atoms with van der Waals surface area (Å²) < 4.78 is 24.0. The molecule has 0 aliphatic rings. The SMILES string of the molecule is CCCOc1nc(N)nc(OCc2ccccc2F)n1. The van der Waals surface area contributed by atoms with Gasteiger partial charge in [0, 0.05) is 5.56 Å². The van der Waals surface area contributed by atoms with Gasteiger partial charge < -0.3 is 15.2 Å². The van der Waals surface area contributed by atoms with Gasteiger partial charge in [0.2, 0.25) is 5.95 Å². The van der Waals surface area contributed by atoms with Crippen LogP contribution in [0.15, 0.2) is 24.3 Å². The minimum Gasteiger partial charge on any atom is -0.463 e. The normalized spacial score (nSPS) is 10.3. The molecule has 106 valence electrons. The minimum atomic E-state index is -0.350. The summed E-state index contributed by atoms with van der Waals surface area (Å²) in [5, 5.41) is 0. The van der Waals surface area contributed by atoms with Crippen LogP contribution >= 0.6 is 0 Å². The number of aromatic nitrogens is 3. The Kier molecular flexibility index (Phi) is 4.65. The van der Waals surface area contributed by atoms with Crippen molar-refractivity contribution in [3.8, 4) is 12.0 Å². The Balaban J connectivity index is 2.05.